The molecular weight excluding hydrogens is 331 g/mol. The molecule has 0 fully saturated rings. The molecule has 112 valence electrons. The molecule has 0 aliphatic rings. The number of halogens is 2. The van der Waals surface area contributed by atoms with Gasteiger partial charge in [-0.3, -0.25) is 4.72 Å². The van der Waals surface area contributed by atoms with Gasteiger partial charge in [0.1, 0.15) is 4.90 Å². The molecule has 3 N–H and O–H groups in total. The van der Waals surface area contributed by atoms with Crippen molar-refractivity contribution in [3.63, 3.8) is 0 Å². The van der Waals surface area contributed by atoms with Gasteiger partial charge in [-0.25, -0.2) is 8.42 Å². The first-order valence-corrected chi connectivity index (χ1v) is 8.28. The SMILES string of the molecule is Cc1cc(C)cc(NS(=O)(=O)c2c(N)cc(Cl)cc2Cl)c1. The van der Waals surface area contributed by atoms with Crippen molar-refractivity contribution in [2.45, 2.75) is 18.7 Å². The lowest BCUT2D eigenvalue weighted by Crippen LogP contribution is -2.15. The van der Waals surface area contributed by atoms with Crippen LogP contribution in [-0.4, -0.2) is 8.42 Å². The quantitative estimate of drug-likeness (QED) is 0.826. The number of aryl methyl sites for hydroxylation is 2. The molecule has 2 rings (SSSR count). The fourth-order valence-corrected chi connectivity index (χ4v) is 4.13. The summed E-state index contributed by atoms with van der Waals surface area (Å²) in [6.07, 6.45) is 0. The van der Waals surface area contributed by atoms with Gasteiger partial charge in [0, 0.05) is 10.7 Å². The van der Waals surface area contributed by atoms with Gasteiger partial charge in [0.05, 0.1) is 10.7 Å². The standard InChI is InChI=1S/C14H14Cl2N2O2S/c1-8-3-9(2)5-11(4-8)18-21(19,20)14-12(16)6-10(15)7-13(14)17/h3-7,18H,17H2,1-2H3. The van der Waals surface area contributed by atoms with Gasteiger partial charge in [-0.05, 0) is 49.2 Å². The Bertz CT molecular complexity index is 761. The predicted molar refractivity (Wildman–Crippen MR) is 87.6 cm³/mol. The Morgan fingerprint density at radius 3 is 2.10 bits per heavy atom. The zero-order valence-electron chi connectivity index (χ0n) is 11.4. The van der Waals surface area contributed by atoms with Gasteiger partial charge in [-0.15, -0.1) is 0 Å². The van der Waals surface area contributed by atoms with E-state index in [1.54, 1.807) is 12.1 Å². The van der Waals surface area contributed by atoms with E-state index < -0.39 is 10.0 Å². The highest BCUT2D eigenvalue weighted by Gasteiger charge is 2.22. The molecule has 2 aromatic carbocycles. The second-order valence-electron chi connectivity index (χ2n) is 4.79. The van der Waals surface area contributed by atoms with E-state index in [1.807, 2.05) is 19.9 Å². The maximum absolute atomic E-state index is 12.5. The average Bonchev–Trinajstić information content (AvgIpc) is 2.23. The Balaban J connectivity index is 2.48. The minimum atomic E-state index is -3.89. The maximum atomic E-state index is 12.5. The molecule has 0 amide bonds. The lowest BCUT2D eigenvalue weighted by molar-refractivity contribution is 0.601. The minimum Gasteiger partial charge on any atom is -0.398 e. The molecular formula is C14H14Cl2N2O2S. The van der Waals surface area contributed by atoms with Crippen LogP contribution < -0.4 is 10.5 Å². The summed E-state index contributed by atoms with van der Waals surface area (Å²) in [6.45, 7) is 3.77. The normalized spacial score (nSPS) is 11.4. The van der Waals surface area contributed by atoms with Crippen LogP contribution in [0.5, 0.6) is 0 Å². The molecule has 0 bridgehead atoms. The van der Waals surface area contributed by atoms with E-state index in [0.29, 0.717) is 5.69 Å². The number of anilines is 2. The highest BCUT2D eigenvalue weighted by atomic mass is 35.5. The molecule has 0 aliphatic heterocycles. The van der Waals surface area contributed by atoms with Crippen LogP contribution in [0.25, 0.3) is 0 Å². The number of nitrogen functional groups attached to an aromatic ring is 1. The van der Waals surface area contributed by atoms with Crippen LogP contribution in [0.15, 0.2) is 35.2 Å². The van der Waals surface area contributed by atoms with Gasteiger partial charge in [0.2, 0.25) is 0 Å². The summed E-state index contributed by atoms with van der Waals surface area (Å²) in [5, 5.41) is 0.264. The number of rotatable bonds is 3. The van der Waals surface area contributed by atoms with Gasteiger partial charge < -0.3 is 5.73 Å². The zero-order valence-corrected chi connectivity index (χ0v) is 13.8. The van der Waals surface area contributed by atoms with E-state index in [2.05, 4.69) is 4.72 Å². The van der Waals surface area contributed by atoms with E-state index in [-0.39, 0.29) is 20.6 Å². The van der Waals surface area contributed by atoms with Crippen LogP contribution in [0.2, 0.25) is 10.0 Å². The van der Waals surface area contributed by atoms with Crippen molar-refractivity contribution < 1.29 is 8.42 Å². The van der Waals surface area contributed by atoms with Crippen LogP contribution in [0.3, 0.4) is 0 Å². The highest BCUT2D eigenvalue weighted by Crippen LogP contribution is 2.32. The molecule has 7 heteroatoms. The third-order valence-electron chi connectivity index (χ3n) is 2.78. The molecule has 4 nitrogen and oxygen atoms in total. The minimum absolute atomic E-state index is 0.00405. The first kappa shape index (κ1) is 15.9. The fraction of sp³-hybridized carbons (Fsp3) is 0.143. The Morgan fingerprint density at radius 1 is 1.00 bits per heavy atom. The van der Waals surface area contributed by atoms with E-state index in [0.717, 1.165) is 11.1 Å². The van der Waals surface area contributed by atoms with Crippen molar-refractivity contribution in [1.82, 2.24) is 0 Å². The largest absolute Gasteiger partial charge is 0.398 e. The average molecular weight is 345 g/mol. The lowest BCUT2D eigenvalue weighted by atomic mass is 10.1. The molecule has 21 heavy (non-hydrogen) atoms. The topological polar surface area (TPSA) is 72.2 Å². The Morgan fingerprint density at radius 2 is 1.57 bits per heavy atom. The van der Waals surface area contributed by atoms with Crippen molar-refractivity contribution in [3.05, 3.63) is 51.5 Å². The molecule has 0 saturated heterocycles. The van der Waals surface area contributed by atoms with Crippen molar-refractivity contribution >= 4 is 44.6 Å². The summed E-state index contributed by atoms with van der Waals surface area (Å²) in [4.78, 5) is -0.173. The number of hydrogen-bond acceptors (Lipinski definition) is 3. The molecule has 0 atom stereocenters. The van der Waals surface area contributed by atoms with Gasteiger partial charge in [-0.2, -0.15) is 0 Å². The first-order valence-electron chi connectivity index (χ1n) is 6.04. The molecule has 0 heterocycles. The molecule has 0 aliphatic carbocycles. The molecule has 2 aromatic rings. The van der Waals surface area contributed by atoms with Crippen LogP contribution in [0.1, 0.15) is 11.1 Å². The number of nitrogens with two attached hydrogens (primary N) is 1. The molecule has 0 aromatic heterocycles. The fourth-order valence-electron chi connectivity index (χ4n) is 2.10. The summed E-state index contributed by atoms with van der Waals surface area (Å²) >= 11 is 11.8. The first-order chi connectivity index (χ1) is 9.69. The third kappa shape index (κ3) is 3.61. The van der Waals surface area contributed by atoms with Gasteiger partial charge in [0.15, 0.2) is 0 Å². The van der Waals surface area contributed by atoms with E-state index in [4.69, 9.17) is 28.9 Å². The molecule has 0 spiro atoms. The summed E-state index contributed by atoms with van der Waals surface area (Å²) in [7, 11) is -3.89. The van der Waals surface area contributed by atoms with Crippen LogP contribution in [0.4, 0.5) is 11.4 Å². The summed E-state index contributed by atoms with van der Waals surface area (Å²) in [5.41, 5.74) is 8.09. The Labute approximate surface area is 133 Å². The van der Waals surface area contributed by atoms with Crippen LogP contribution in [-0.2, 0) is 10.0 Å². The molecule has 0 saturated carbocycles. The Hall–Kier alpha value is -1.43. The lowest BCUT2D eigenvalue weighted by Gasteiger charge is -2.13. The van der Waals surface area contributed by atoms with Crippen molar-refractivity contribution in [1.29, 1.82) is 0 Å². The number of nitrogens with one attached hydrogen (secondary N) is 1. The highest BCUT2D eigenvalue weighted by molar-refractivity contribution is 7.93. The van der Waals surface area contributed by atoms with E-state index >= 15 is 0 Å². The number of benzene rings is 2. The van der Waals surface area contributed by atoms with Crippen LogP contribution in [0, 0.1) is 13.8 Å². The predicted octanol–water partition coefficient (Wildman–Crippen LogP) is 3.99. The van der Waals surface area contributed by atoms with E-state index in [1.165, 1.54) is 12.1 Å². The van der Waals surface area contributed by atoms with Gasteiger partial charge in [0.25, 0.3) is 10.0 Å². The monoisotopic (exact) mass is 344 g/mol. The Kier molecular flexibility index (Phi) is 4.37. The third-order valence-corrected chi connectivity index (χ3v) is 4.91. The zero-order chi connectivity index (χ0) is 15.8. The second kappa shape index (κ2) is 5.75. The van der Waals surface area contributed by atoms with Gasteiger partial charge in [-0.1, -0.05) is 29.3 Å². The molecule has 0 unspecified atom stereocenters. The summed E-state index contributed by atoms with van der Waals surface area (Å²) < 4.78 is 27.4. The number of hydrogen-bond donors (Lipinski definition) is 2. The number of sulfonamides is 1. The van der Waals surface area contributed by atoms with Crippen LogP contribution >= 0.6 is 23.2 Å². The second-order valence-corrected chi connectivity index (χ2v) is 7.25. The van der Waals surface area contributed by atoms with Crippen molar-refractivity contribution in [2.75, 3.05) is 10.5 Å². The summed E-state index contributed by atoms with van der Waals surface area (Å²) in [5.74, 6) is 0. The summed E-state index contributed by atoms with van der Waals surface area (Å²) in [6, 6.07) is 8.09. The smallest absolute Gasteiger partial charge is 0.265 e. The van der Waals surface area contributed by atoms with Crippen molar-refractivity contribution in [3.8, 4) is 0 Å². The van der Waals surface area contributed by atoms with E-state index in [9.17, 15) is 8.42 Å². The van der Waals surface area contributed by atoms with Crippen molar-refractivity contribution in [2.24, 2.45) is 0 Å². The molecule has 0 radical (unpaired) electrons. The van der Waals surface area contributed by atoms with Gasteiger partial charge >= 0.3 is 0 Å². The maximum Gasteiger partial charge on any atom is 0.265 e.